The van der Waals surface area contributed by atoms with E-state index in [0.717, 1.165) is 6.42 Å². The van der Waals surface area contributed by atoms with Gasteiger partial charge in [0.25, 0.3) is 5.91 Å². The molecule has 0 bridgehead atoms. The average Bonchev–Trinajstić information content (AvgIpc) is 2.32. The van der Waals surface area contributed by atoms with Crippen molar-refractivity contribution in [3.05, 3.63) is 40.4 Å². The van der Waals surface area contributed by atoms with Crippen LogP contribution < -0.4 is 0 Å². The van der Waals surface area contributed by atoms with E-state index in [1.807, 2.05) is 6.08 Å². The lowest BCUT2D eigenvalue weighted by Crippen LogP contribution is -2.34. The minimum Gasteiger partial charge on any atom is -0.508 e. The largest absolute Gasteiger partial charge is 0.508 e. The van der Waals surface area contributed by atoms with Gasteiger partial charge in [-0.3, -0.25) is 4.79 Å². The summed E-state index contributed by atoms with van der Waals surface area (Å²) in [5.74, 6) is -0.0730. The minimum atomic E-state index is -0.130. The van der Waals surface area contributed by atoms with Crippen LogP contribution in [0.4, 0.5) is 0 Å². The molecule has 90 valence electrons. The van der Waals surface area contributed by atoms with E-state index in [-0.39, 0.29) is 11.7 Å². The third kappa shape index (κ3) is 2.61. The van der Waals surface area contributed by atoms with Gasteiger partial charge in [0.2, 0.25) is 0 Å². The van der Waals surface area contributed by atoms with Gasteiger partial charge in [-0.1, -0.05) is 23.3 Å². The smallest absolute Gasteiger partial charge is 0.255 e. The van der Waals surface area contributed by atoms with Gasteiger partial charge in [-0.15, -0.1) is 0 Å². The van der Waals surface area contributed by atoms with E-state index in [1.165, 1.54) is 23.8 Å². The van der Waals surface area contributed by atoms with Crippen LogP contribution in [0, 0.1) is 0 Å². The third-order valence-electron chi connectivity index (χ3n) is 2.90. The topological polar surface area (TPSA) is 40.5 Å². The van der Waals surface area contributed by atoms with Crippen LogP contribution in [-0.4, -0.2) is 29.0 Å². The Morgan fingerprint density at radius 2 is 2.24 bits per heavy atom. The third-order valence-corrected chi connectivity index (χ3v) is 3.23. The van der Waals surface area contributed by atoms with E-state index in [0.29, 0.717) is 23.7 Å². The lowest BCUT2D eigenvalue weighted by Gasteiger charge is -2.25. The first kappa shape index (κ1) is 12.0. The van der Waals surface area contributed by atoms with Crippen LogP contribution in [0.5, 0.6) is 5.75 Å². The fraction of sp³-hybridized carbons (Fsp3) is 0.308. The van der Waals surface area contributed by atoms with Crippen molar-refractivity contribution < 1.29 is 9.90 Å². The number of phenolic OH excluding ortho intramolecular Hbond substituents is 1. The van der Waals surface area contributed by atoms with Gasteiger partial charge in [-0.2, -0.15) is 0 Å². The Hall–Kier alpha value is -1.48. The number of halogens is 1. The molecule has 0 aliphatic carbocycles. The van der Waals surface area contributed by atoms with E-state index < -0.39 is 0 Å². The van der Waals surface area contributed by atoms with E-state index in [4.69, 9.17) is 11.6 Å². The van der Waals surface area contributed by atoms with E-state index in [9.17, 15) is 9.90 Å². The molecule has 0 saturated heterocycles. The Bertz CT molecular complexity index is 482. The molecule has 1 amide bonds. The number of rotatable bonds is 1. The van der Waals surface area contributed by atoms with Crippen LogP contribution in [0.3, 0.4) is 0 Å². The predicted molar refractivity (Wildman–Crippen MR) is 67.4 cm³/mol. The molecule has 1 aliphatic rings. The molecule has 0 aromatic heterocycles. The van der Waals surface area contributed by atoms with Gasteiger partial charge in [-0.05, 0) is 31.5 Å². The van der Waals surface area contributed by atoms with Gasteiger partial charge in [0.15, 0.2) is 0 Å². The average molecular weight is 252 g/mol. The lowest BCUT2D eigenvalue weighted by molar-refractivity contribution is 0.0769. The highest BCUT2D eigenvalue weighted by molar-refractivity contribution is 6.33. The van der Waals surface area contributed by atoms with E-state index >= 15 is 0 Å². The molecule has 0 radical (unpaired) electrons. The first-order valence-electron chi connectivity index (χ1n) is 5.51. The Labute approximate surface area is 105 Å². The molecule has 1 aromatic rings. The quantitative estimate of drug-likeness (QED) is 0.780. The van der Waals surface area contributed by atoms with Crippen molar-refractivity contribution in [2.45, 2.75) is 13.3 Å². The SMILES string of the molecule is CC1=CCN(C(=O)c2cc(O)ccc2Cl)CC1. The van der Waals surface area contributed by atoms with Crippen LogP contribution in [0.15, 0.2) is 29.8 Å². The maximum atomic E-state index is 12.2. The summed E-state index contributed by atoms with van der Waals surface area (Å²) in [4.78, 5) is 13.9. The first-order valence-corrected chi connectivity index (χ1v) is 5.89. The van der Waals surface area contributed by atoms with Crippen molar-refractivity contribution >= 4 is 17.5 Å². The van der Waals surface area contributed by atoms with Crippen LogP contribution in [0.2, 0.25) is 5.02 Å². The van der Waals surface area contributed by atoms with Gasteiger partial charge in [0, 0.05) is 13.1 Å². The number of amides is 1. The monoisotopic (exact) mass is 251 g/mol. The summed E-state index contributed by atoms with van der Waals surface area (Å²) < 4.78 is 0. The number of benzene rings is 1. The maximum Gasteiger partial charge on any atom is 0.255 e. The Morgan fingerprint density at radius 1 is 1.47 bits per heavy atom. The van der Waals surface area contributed by atoms with Gasteiger partial charge in [0.05, 0.1) is 10.6 Å². The zero-order chi connectivity index (χ0) is 12.4. The highest BCUT2D eigenvalue weighted by Crippen LogP contribution is 2.23. The Kier molecular flexibility index (Phi) is 3.38. The number of aromatic hydroxyl groups is 1. The Balaban J connectivity index is 2.23. The van der Waals surface area contributed by atoms with Crippen molar-refractivity contribution in [1.82, 2.24) is 4.90 Å². The van der Waals surface area contributed by atoms with Crippen molar-refractivity contribution in [1.29, 1.82) is 0 Å². The van der Waals surface area contributed by atoms with Gasteiger partial charge >= 0.3 is 0 Å². The summed E-state index contributed by atoms with van der Waals surface area (Å²) >= 11 is 5.96. The van der Waals surface area contributed by atoms with Crippen LogP contribution in [-0.2, 0) is 0 Å². The molecule has 0 spiro atoms. The zero-order valence-electron chi connectivity index (χ0n) is 9.61. The maximum absolute atomic E-state index is 12.2. The normalized spacial score (nSPS) is 15.6. The van der Waals surface area contributed by atoms with Gasteiger partial charge in [0.1, 0.15) is 5.75 Å². The van der Waals surface area contributed by atoms with E-state index in [1.54, 1.807) is 4.90 Å². The second-order valence-corrected chi connectivity index (χ2v) is 4.62. The number of phenols is 1. The summed E-state index contributed by atoms with van der Waals surface area (Å²) in [7, 11) is 0. The number of hydrogen-bond donors (Lipinski definition) is 1. The molecule has 1 aromatic carbocycles. The summed E-state index contributed by atoms with van der Waals surface area (Å²) in [6.07, 6.45) is 2.93. The van der Waals surface area contributed by atoms with Crippen LogP contribution in [0.25, 0.3) is 0 Å². The number of carbonyl (C=O) groups excluding carboxylic acids is 1. The fourth-order valence-electron chi connectivity index (χ4n) is 1.80. The molecule has 0 atom stereocenters. The highest BCUT2D eigenvalue weighted by atomic mass is 35.5. The van der Waals surface area contributed by atoms with Crippen molar-refractivity contribution in [2.24, 2.45) is 0 Å². The molecule has 1 heterocycles. The molecule has 1 aliphatic heterocycles. The number of nitrogens with zero attached hydrogens (tertiary/aromatic N) is 1. The number of carbonyl (C=O) groups is 1. The summed E-state index contributed by atoms with van der Waals surface area (Å²) in [6.45, 7) is 3.37. The van der Waals surface area contributed by atoms with Gasteiger partial charge < -0.3 is 10.0 Å². The molecule has 0 fully saturated rings. The fourth-order valence-corrected chi connectivity index (χ4v) is 2.00. The molecule has 2 rings (SSSR count). The standard InChI is InChI=1S/C13H14ClNO2/c1-9-4-6-15(7-5-9)13(17)11-8-10(16)2-3-12(11)14/h2-4,8,16H,5-7H2,1H3. The first-order chi connectivity index (χ1) is 8.08. The molecule has 0 unspecified atom stereocenters. The summed E-state index contributed by atoms with van der Waals surface area (Å²) in [6, 6.07) is 4.42. The molecule has 3 nitrogen and oxygen atoms in total. The predicted octanol–water partition coefficient (Wildman–Crippen LogP) is 2.84. The van der Waals surface area contributed by atoms with Crippen molar-refractivity contribution in [3.8, 4) is 5.75 Å². The molecule has 4 heteroatoms. The summed E-state index contributed by atoms with van der Waals surface area (Å²) in [5, 5.41) is 9.76. The van der Waals surface area contributed by atoms with Crippen molar-refractivity contribution in [3.63, 3.8) is 0 Å². The number of hydrogen-bond acceptors (Lipinski definition) is 2. The summed E-state index contributed by atoms with van der Waals surface area (Å²) in [5.41, 5.74) is 1.66. The highest BCUT2D eigenvalue weighted by Gasteiger charge is 2.20. The van der Waals surface area contributed by atoms with Crippen LogP contribution >= 0.6 is 11.6 Å². The molecular weight excluding hydrogens is 238 g/mol. The molecule has 1 N–H and O–H groups in total. The minimum absolute atomic E-state index is 0.0569. The second kappa shape index (κ2) is 4.80. The molecule has 17 heavy (non-hydrogen) atoms. The van der Waals surface area contributed by atoms with E-state index in [2.05, 4.69) is 6.92 Å². The van der Waals surface area contributed by atoms with Crippen LogP contribution in [0.1, 0.15) is 23.7 Å². The Morgan fingerprint density at radius 3 is 2.88 bits per heavy atom. The second-order valence-electron chi connectivity index (χ2n) is 4.22. The molecular formula is C13H14ClNO2. The van der Waals surface area contributed by atoms with Crippen molar-refractivity contribution in [2.75, 3.05) is 13.1 Å². The zero-order valence-corrected chi connectivity index (χ0v) is 10.4. The van der Waals surface area contributed by atoms with Gasteiger partial charge in [-0.25, -0.2) is 0 Å². The molecule has 0 saturated carbocycles. The lowest BCUT2D eigenvalue weighted by atomic mass is 10.1.